The molecule has 3 heterocycles. The van der Waals surface area contributed by atoms with E-state index in [-0.39, 0.29) is 0 Å². The van der Waals surface area contributed by atoms with Gasteiger partial charge in [0.15, 0.2) is 5.65 Å². The Bertz CT molecular complexity index is 587. The first-order valence-corrected chi connectivity index (χ1v) is 6.76. The van der Waals surface area contributed by atoms with E-state index in [4.69, 9.17) is 11.6 Å². The molecule has 1 saturated heterocycles. The lowest BCUT2D eigenvalue weighted by molar-refractivity contribution is 0.145. The van der Waals surface area contributed by atoms with Gasteiger partial charge in [0.1, 0.15) is 11.0 Å². The topological polar surface area (TPSA) is 50.1 Å². The average molecular weight is 281 g/mol. The molecule has 3 rings (SSSR count). The van der Waals surface area contributed by atoms with Crippen LogP contribution in [0.3, 0.4) is 0 Å². The van der Waals surface area contributed by atoms with E-state index in [1.54, 1.807) is 10.9 Å². The van der Waals surface area contributed by atoms with Gasteiger partial charge >= 0.3 is 0 Å². The van der Waals surface area contributed by atoms with Crippen LogP contribution in [0.4, 0.5) is 0 Å². The third-order valence-corrected chi connectivity index (χ3v) is 3.84. The van der Waals surface area contributed by atoms with Crippen LogP contribution in [0.2, 0.25) is 5.15 Å². The Kier molecular flexibility index (Phi) is 3.38. The van der Waals surface area contributed by atoms with Crippen molar-refractivity contribution in [1.82, 2.24) is 29.5 Å². The van der Waals surface area contributed by atoms with Gasteiger partial charge in [-0.2, -0.15) is 5.10 Å². The van der Waals surface area contributed by atoms with Crippen LogP contribution >= 0.6 is 11.6 Å². The van der Waals surface area contributed by atoms with E-state index in [1.807, 2.05) is 7.05 Å². The second-order valence-electron chi connectivity index (χ2n) is 5.02. The molecule has 0 saturated carbocycles. The van der Waals surface area contributed by atoms with Crippen LogP contribution < -0.4 is 0 Å². The molecule has 1 fully saturated rings. The van der Waals surface area contributed by atoms with Gasteiger partial charge in [-0.1, -0.05) is 11.6 Å². The van der Waals surface area contributed by atoms with E-state index in [2.05, 4.69) is 31.9 Å². The van der Waals surface area contributed by atoms with Gasteiger partial charge in [0.05, 0.1) is 18.1 Å². The molecule has 0 radical (unpaired) electrons. The van der Waals surface area contributed by atoms with E-state index in [9.17, 15) is 0 Å². The third-order valence-electron chi connectivity index (χ3n) is 3.55. The van der Waals surface area contributed by atoms with Crippen molar-refractivity contribution >= 4 is 22.6 Å². The highest BCUT2D eigenvalue weighted by Gasteiger charge is 2.16. The zero-order valence-electron chi connectivity index (χ0n) is 11.2. The number of rotatable bonds is 2. The summed E-state index contributed by atoms with van der Waals surface area (Å²) in [7, 11) is 4.01. The SMILES string of the molecule is CN1CCN(Cc2nc(Cl)c3cnn(C)c3n2)CC1. The fourth-order valence-corrected chi connectivity index (χ4v) is 2.54. The Morgan fingerprint density at radius 2 is 1.89 bits per heavy atom. The normalized spacial score (nSPS) is 18.3. The molecule has 2 aromatic heterocycles. The Balaban J connectivity index is 1.83. The maximum absolute atomic E-state index is 6.19. The molecule has 19 heavy (non-hydrogen) atoms. The highest BCUT2D eigenvalue weighted by atomic mass is 35.5. The second-order valence-corrected chi connectivity index (χ2v) is 5.37. The zero-order chi connectivity index (χ0) is 13.4. The van der Waals surface area contributed by atoms with Gasteiger partial charge in [-0.05, 0) is 7.05 Å². The molecule has 7 heteroatoms. The van der Waals surface area contributed by atoms with E-state index < -0.39 is 0 Å². The third kappa shape index (κ3) is 2.56. The van der Waals surface area contributed by atoms with Crippen molar-refractivity contribution in [1.29, 1.82) is 0 Å². The molecule has 0 bridgehead atoms. The predicted molar refractivity (Wildman–Crippen MR) is 74.1 cm³/mol. The Hall–Kier alpha value is -1.24. The maximum Gasteiger partial charge on any atom is 0.162 e. The molecule has 0 aromatic carbocycles. The van der Waals surface area contributed by atoms with Gasteiger partial charge < -0.3 is 4.90 Å². The summed E-state index contributed by atoms with van der Waals surface area (Å²) in [6.07, 6.45) is 1.71. The Morgan fingerprint density at radius 1 is 1.16 bits per heavy atom. The van der Waals surface area contributed by atoms with Crippen molar-refractivity contribution < 1.29 is 0 Å². The molecule has 0 unspecified atom stereocenters. The fraction of sp³-hybridized carbons (Fsp3) is 0.583. The number of likely N-dealkylation sites (N-methyl/N-ethyl adjacent to an activating group) is 1. The highest BCUT2D eigenvalue weighted by molar-refractivity contribution is 6.33. The van der Waals surface area contributed by atoms with Gasteiger partial charge in [0.2, 0.25) is 0 Å². The summed E-state index contributed by atoms with van der Waals surface area (Å²) >= 11 is 6.19. The summed E-state index contributed by atoms with van der Waals surface area (Å²) in [4.78, 5) is 13.6. The average Bonchev–Trinajstić information content (AvgIpc) is 2.75. The van der Waals surface area contributed by atoms with Crippen LogP contribution in [0.5, 0.6) is 0 Å². The van der Waals surface area contributed by atoms with Gasteiger partial charge in [-0.15, -0.1) is 0 Å². The van der Waals surface area contributed by atoms with E-state index in [1.165, 1.54) is 0 Å². The van der Waals surface area contributed by atoms with Crippen molar-refractivity contribution in [2.45, 2.75) is 6.54 Å². The molecule has 0 N–H and O–H groups in total. The summed E-state index contributed by atoms with van der Waals surface area (Å²) in [6.45, 7) is 5.00. The first-order valence-electron chi connectivity index (χ1n) is 6.38. The van der Waals surface area contributed by atoms with Crippen molar-refractivity contribution in [2.24, 2.45) is 7.05 Å². The molecule has 0 aliphatic carbocycles. The Labute approximate surface area is 117 Å². The van der Waals surface area contributed by atoms with Gasteiger partial charge in [0, 0.05) is 33.2 Å². The van der Waals surface area contributed by atoms with Crippen molar-refractivity contribution in [3.63, 3.8) is 0 Å². The highest BCUT2D eigenvalue weighted by Crippen LogP contribution is 2.19. The largest absolute Gasteiger partial charge is 0.304 e. The number of aryl methyl sites for hydroxylation is 1. The quantitative estimate of drug-likeness (QED) is 0.761. The molecule has 0 amide bonds. The lowest BCUT2D eigenvalue weighted by Crippen LogP contribution is -2.44. The molecule has 0 spiro atoms. The van der Waals surface area contributed by atoms with Gasteiger partial charge in [-0.3, -0.25) is 9.58 Å². The van der Waals surface area contributed by atoms with Crippen LogP contribution in [0, 0.1) is 0 Å². The minimum Gasteiger partial charge on any atom is -0.304 e. The van der Waals surface area contributed by atoms with E-state index in [0.717, 1.165) is 49.6 Å². The fourth-order valence-electron chi connectivity index (χ4n) is 2.31. The number of aromatic nitrogens is 4. The number of nitrogens with zero attached hydrogens (tertiary/aromatic N) is 6. The maximum atomic E-state index is 6.19. The van der Waals surface area contributed by atoms with Crippen molar-refractivity contribution in [2.75, 3.05) is 33.2 Å². The number of fused-ring (bicyclic) bond motifs is 1. The predicted octanol–water partition coefficient (Wildman–Crippen LogP) is 0.764. The summed E-state index contributed by atoms with van der Waals surface area (Å²) < 4.78 is 1.73. The summed E-state index contributed by atoms with van der Waals surface area (Å²) in [5.74, 6) is 0.769. The van der Waals surface area contributed by atoms with Crippen LogP contribution in [-0.4, -0.2) is 62.8 Å². The first kappa shape index (κ1) is 12.8. The van der Waals surface area contributed by atoms with Crippen LogP contribution in [0.1, 0.15) is 5.82 Å². The molecular weight excluding hydrogens is 264 g/mol. The molecular formula is C12H17ClN6. The summed E-state index contributed by atoms with van der Waals surface area (Å²) in [5, 5.41) is 5.46. The van der Waals surface area contributed by atoms with Crippen LogP contribution in [-0.2, 0) is 13.6 Å². The van der Waals surface area contributed by atoms with E-state index in [0.29, 0.717) is 5.15 Å². The summed E-state index contributed by atoms with van der Waals surface area (Å²) in [5.41, 5.74) is 0.795. The number of halogens is 1. The number of hydrogen-bond acceptors (Lipinski definition) is 5. The lowest BCUT2D eigenvalue weighted by Gasteiger charge is -2.31. The Morgan fingerprint density at radius 3 is 2.63 bits per heavy atom. The first-order chi connectivity index (χ1) is 9.13. The molecule has 1 aliphatic heterocycles. The number of piperazine rings is 1. The monoisotopic (exact) mass is 280 g/mol. The minimum atomic E-state index is 0.488. The van der Waals surface area contributed by atoms with Gasteiger partial charge in [0.25, 0.3) is 0 Å². The lowest BCUT2D eigenvalue weighted by atomic mass is 10.3. The molecule has 102 valence electrons. The second kappa shape index (κ2) is 5.03. The van der Waals surface area contributed by atoms with Crippen LogP contribution in [0.15, 0.2) is 6.20 Å². The van der Waals surface area contributed by atoms with Crippen LogP contribution in [0.25, 0.3) is 11.0 Å². The van der Waals surface area contributed by atoms with E-state index >= 15 is 0 Å². The molecule has 1 aliphatic rings. The zero-order valence-corrected chi connectivity index (χ0v) is 11.9. The smallest absolute Gasteiger partial charge is 0.162 e. The minimum absolute atomic E-state index is 0.488. The summed E-state index contributed by atoms with van der Waals surface area (Å²) in [6, 6.07) is 0. The van der Waals surface area contributed by atoms with Crippen molar-refractivity contribution in [3.8, 4) is 0 Å². The van der Waals surface area contributed by atoms with Crippen molar-refractivity contribution in [3.05, 3.63) is 17.2 Å². The number of hydrogen-bond donors (Lipinski definition) is 0. The van der Waals surface area contributed by atoms with Gasteiger partial charge in [-0.25, -0.2) is 9.97 Å². The molecule has 0 atom stereocenters. The molecule has 2 aromatic rings. The standard InChI is InChI=1S/C12H17ClN6/c1-17-3-5-19(6-4-17)8-10-15-11(13)9-7-14-18(2)12(9)16-10/h7H,3-6,8H2,1-2H3. The molecule has 6 nitrogen and oxygen atoms in total.